The number of fused-ring (bicyclic) bond motifs is 1. The van der Waals surface area contributed by atoms with Crippen LogP contribution in [0.2, 0.25) is 5.15 Å². The largest absolute Gasteiger partial charge is 0.234 e. The first-order valence-corrected chi connectivity index (χ1v) is 7.01. The predicted molar refractivity (Wildman–Crippen MR) is 76.4 cm³/mol. The number of hydrogen-bond donors (Lipinski definition) is 0. The molecule has 5 heteroatoms. The Morgan fingerprint density at radius 3 is 3.06 bits per heavy atom. The van der Waals surface area contributed by atoms with Crippen molar-refractivity contribution in [2.45, 2.75) is 32.6 Å². The van der Waals surface area contributed by atoms with Crippen molar-refractivity contribution in [1.82, 2.24) is 14.6 Å². The lowest BCUT2D eigenvalue weighted by Crippen LogP contribution is -2.08. The van der Waals surface area contributed by atoms with Crippen molar-refractivity contribution < 1.29 is 0 Å². The molecule has 3 nitrogen and oxygen atoms in total. The van der Waals surface area contributed by atoms with E-state index in [2.05, 4.69) is 12.0 Å². The van der Waals surface area contributed by atoms with Crippen molar-refractivity contribution in [3.8, 4) is 0 Å². The fourth-order valence-electron chi connectivity index (χ4n) is 2.99. The zero-order chi connectivity index (χ0) is 12.7. The van der Waals surface area contributed by atoms with Gasteiger partial charge in [-0.3, -0.25) is 0 Å². The first kappa shape index (κ1) is 12.0. The standard InChI is InChI=1S/C13H17BClN3/c1-8-2-3-9(4-8)5-10-6-12(15)18-13(17-10)11(14)7-16-18/h6-9H,2-5,14H2,1H3. The van der Waals surface area contributed by atoms with Gasteiger partial charge in [0.2, 0.25) is 0 Å². The molecule has 2 atom stereocenters. The molecule has 1 aliphatic carbocycles. The zero-order valence-corrected chi connectivity index (χ0v) is 11.6. The van der Waals surface area contributed by atoms with Gasteiger partial charge >= 0.3 is 0 Å². The van der Waals surface area contributed by atoms with Crippen LogP contribution < -0.4 is 5.46 Å². The van der Waals surface area contributed by atoms with Gasteiger partial charge in [-0.2, -0.15) is 5.10 Å². The molecular formula is C13H17BClN3. The summed E-state index contributed by atoms with van der Waals surface area (Å²) in [4.78, 5) is 4.70. The molecule has 2 aromatic heterocycles. The Labute approximate surface area is 113 Å². The van der Waals surface area contributed by atoms with Crippen LogP contribution in [0.3, 0.4) is 0 Å². The second-order valence-corrected chi connectivity index (χ2v) is 6.01. The first-order chi connectivity index (χ1) is 8.63. The molecule has 18 heavy (non-hydrogen) atoms. The van der Waals surface area contributed by atoms with Crippen molar-refractivity contribution in [2.24, 2.45) is 11.8 Å². The molecule has 94 valence electrons. The highest BCUT2D eigenvalue weighted by Gasteiger charge is 2.22. The van der Waals surface area contributed by atoms with Crippen LogP contribution in [0.15, 0.2) is 12.3 Å². The molecule has 0 saturated heterocycles. The summed E-state index contributed by atoms with van der Waals surface area (Å²) in [6.07, 6.45) is 6.86. The summed E-state index contributed by atoms with van der Waals surface area (Å²) in [6, 6.07) is 1.96. The second kappa shape index (κ2) is 4.58. The Balaban J connectivity index is 1.90. The van der Waals surface area contributed by atoms with Crippen molar-refractivity contribution in [1.29, 1.82) is 0 Å². The normalized spacial score (nSPS) is 23.9. The smallest absolute Gasteiger partial charge is 0.150 e. The summed E-state index contributed by atoms with van der Waals surface area (Å²) < 4.78 is 1.71. The van der Waals surface area contributed by atoms with Crippen LogP contribution >= 0.6 is 11.6 Å². The maximum absolute atomic E-state index is 6.25. The molecule has 0 N–H and O–H groups in total. The van der Waals surface area contributed by atoms with Gasteiger partial charge in [0.05, 0.1) is 0 Å². The van der Waals surface area contributed by atoms with E-state index in [9.17, 15) is 0 Å². The zero-order valence-electron chi connectivity index (χ0n) is 10.9. The molecular weight excluding hydrogens is 244 g/mol. The van der Waals surface area contributed by atoms with Crippen LogP contribution in [-0.4, -0.2) is 22.4 Å². The molecule has 0 aliphatic heterocycles. The average molecular weight is 262 g/mol. The number of halogens is 1. The van der Waals surface area contributed by atoms with Crippen molar-refractivity contribution in [3.05, 3.63) is 23.1 Å². The van der Waals surface area contributed by atoms with Gasteiger partial charge in [-0.05, 0) is 42.6 Å². The number of rotatable bonds is 2. The van der Waals surface area contributed by atoms with E-state index in [0.29, 0.717) is 5.15 Å². The molecule has 0 amide bonds. The lowest BCUT2D eigenvalue weighted by molar-refractivity contribution is 0.508. The molecule has 2 unspecified atom stereocenters. The highest BCUT2D eigenvalue weighted by atomic mass is 35.5. The molecule has 0 radical (unpaired) electrons. The van der Waals surface area contributed by atoms with Crippen molar-refractivity contribution >= 4 is 30.6 Å². The molecule has 0 aromatic carbocycles. The average Bonchev–Trinajstić information content (AvgIpc) is 2.87. The number of hydrogen-bond acceptors (Lipinski definition) is 2. The van der Waals surface area contributed by atoms with Crippen LogP contribution in [-0.2, 0) is 6.42 Å². The van der Waals surface area contributed by atoms with Crippen molar-refractivity contribution in [2.75, 3.05) is 0 Å². The Bertz CT molecular complexity index is 581. The third kappa shape index (κ3) is 2.14. The van der Waals surface area contributed by atoms with Crippen LogP contribution in [0.5, 0.6) is 0 Å². The Kier molecular flexibility index (Phi) is 3.06. The van der Waals surface area contributed by atoms with E-state index in [0.717, 1.165) is 35.1 Å². The summed E-state index contributed by atoms with van der Waals surface area (Å²) in [6.45, 7) is 2.34. The Morgan fingerprint density at radius 1 is 1.50 bits per heavy atom. The Hall–Kier alpha value is -1.03. The topological polar surface area (TPSA) is 30.2 Å². The first-order valence-electron chi connectivity index (χ1n) is 6.63. The van der Waals surface area contributed by atoms with Gasteiger partial charge in [-0.1, -0.05) is 24.9 Å². The Morgan fingerprint density at radius 2 is 2.33 bits per heavy atom. The minimum Gasteiger partial charge on any atom is -0.234 e. The third-order valence-electron chi connectivity index (χ3n) is 3.96. The van der Waals surface area contributed by atoms with E-state index < -0.39 is 0 Å². The third-order valence-corrected chi connectivity index (χ3v) is 4.23. The van der Waals surface area contributed by atoms with E-state index in [1.165, 1.54) is 19.3 Å². The van der Waals surface area contributed by atoms with Crippen molar-refractivity contribution in [3.63, 3.8) is 0 Å². The van der Waals surface area contributed by atoms with E-state index in [4.69, 9.17) is 16.6 Å². The summed E-state index contributed by atoms with van der Waals surface area (Å²) in [5.74, 6) is 1.64. The predicted octanol–water partition coefficient (Wildman–Crippen LogP) is 1.62. The molecule has 0 spiro atoms. The molecule has 1 fully saturated rings. The lowest BCUT2D eigenvalue weighted by atomic mass is 9.99. The summed E-state index contributed by atoms with van der Waals surface area (Å²) in [5.41, 5.74) is 3.08. The van der Waals surface area contributed by atoms with Gasteiger partial charge in [0, 0.05) is 11.9 Å². The number of aromatic nitrogens is 3. The molecule has 2 aromatic rings. The maximum Gasteiger partial charge on any atom is 0.150 e. The molecule has 3 rings (SSSR count). The minimum atomic E-state index is 0.661. The summed E-state index contributed by atoms with van der Waals surface area (Å²) >= 11 is 6.25. The number of nitrogens with zero attached hydrogens (tertiary/aromatic N) is 3. The van der Waals surface area contributed by atoms with E-state index in [1.54, 1.807) is 4.52 Å². The van der Waals surface area contributed by atoms with Gasteiger partial charge < -0.3 is 0 Å². The van der Waals surface area contributed by atoms with E-state index in [1.807, 2.05) is 20.1 Å². The van der Waals surface area contributed by atoms with E-state index >= 15 is 0 Å². The molecule has 2 heterocycles. The quantitative estimate of drug-likeness (QED) is 0.607. The lowest BCUT2D eigenvalue weighted by Gasteiger charge is -2.10. The van der Waals surface area contributed by atoms with E-state index in [-0.39, 0.29) is 0 Å². The van der Waals surface area contributed by atoms with Gasteiger partial charge in [0.15, 0.2) is 5.65 Å². The highest BCUT2D eigenvalue weighted by Crippen LogP contribution is 2.32. The van der Waals surface area contributed by atoms with Gasteiger partial charge in [-0.15, -0.1) is 0 Å². The fourth-order valence-corrected chi connectivity index (χ4v) is 3.24. The summed E-state index contributed by atoms with van der Waals surface area (Å²) in [5, 5.41) is 4.89. The van der Waals surface area contributed by atoms with Gasteiger partial charge in [0.1, 0.15) is 13.0 Å². The van der Waals surface area contributed by atoms with Gasteiger partial charge in [-0.25, -0.2) is 9.50 Å². The SMILES string of the molecule is Bc1cnn2c(Cl)cc(CC3CCC(C)C3)nc12. The molecule has 1 aliphatic rings. The van der Waals surface area contributed by atoms with Crippen LogP contribution in [0, 0.1) is 11.8 Å². The van der Waals surface area contributed by atoms with Crippen LogP contribution in [0.1, 0.15) is 31.9 Å². The monoisotopic (exact) mass is 261 g/mol. The van der Waals surface area contributed by atoms with Crippen LogP contribution in [0.25, 0.3) is 5.65 Å². The van der Waals surface area contributed by atoms with Crippen LogP contribution in [0.4, 0.5) is 0 Å². The highest BCUT2D eigenvalue weighted by molar-refractivity contribution is 6.36. The molecule has 1 saturated carbocycles. The fraction of sp³-hybridized carbons (Fsp3) is 0.538. The summed E-state index contributed by atoms with van der Waals surface area (Å²) in [7, 11) is 2.02. The molecule has 0 bridgehead atoms. The second-order valence-electron chi connectivity index (χ2n) is 5.62. The van der Waals surface area contributed by atoms with Gasteiger partial charge in [0.25, 0.3) is 0 Å². The maximum atomic E-state index is 6.25. The minimum absolute atomic E-state index is 0.661.